The van der Waals surface area contributed by atoms with Gasteiger partial charge in [0, 0.05) is 12.8 Å². The highest BCUT2D eigenvalue weighted by Crippen LogP contribution is 2.19. The third-order valence-electron chi connectivity index (χ3n) is 16.8. The highest BCUT2D eigenvalue weighted by molar-refractivity contribution is 5.71. The van der Waals surface area contributed by atoms with Crippen LogP contribution >= 0.6 is 0 Å². The van der Waals surface area contributed by atoms with Gasteiger partial charge in [-0.2, -0.15) is 0 Å². The van der Waals surface area contributed by atoms with E-state index < -0.39 is 18.4 Å². The average Bonchev–Trinajstić information content (AvgIpc) is 3.45. The van der Waals surface area contributed by atoms with Crippen molar-refractivity contribution in [2.24, 2.45) is 0 Å². The van der Waals surface area contributed by atoms with Gasteiger partial charge in [-0.05, 0) is 38.5 Å². The molecule has 0 amide bonds. The number of likely N-dealkylation sites (N-methyl/N-ethyl adjacent to an activating group) is 1. The van der Waals surface area contributed by atoms with Gasteiger partial charge in [0.2, 0.25) is 0 Å². The highest BCUT2D eigenvalue weighted by Gasteiger charge is 2.25. The number of ether oxygens (including phenoxy) is 4. The Labute approximate surface area is 510 Å². The van der Waals surface area contributed by atoms with Crippen molar-refractivity contribution in [1.29, 1.82) is 0 Å². The minimum absolute atomic E-state index is 0.174. The lowest BCUT2D eigenvalue weighted by Crippen LogP contribution is -2.40. The first-order valence-corrected chi connectivity index (χ1v) is 36.4. The molecular weight excluding hydrogens is 1020 g/mol. The molecule has 486 valence electrons. The van der Waals surface area contributed by atoms with E-state index in [4.69, 9.17) is 18.9 Å². The zero-order valence-corrected chi connectivity index (χ0v) is 55.7. The number of allylic oxidation sites excluding steroid dienone is 2. The molecule has 0 aromatic rings. The second kappa shape index (κ2) is 65.0. The third kappa shape index (κ3) is 65.6. The summed E-state index contributed by atoms with van der Waals surface area (Å²) in [5, 5.41) is 9.75. The predicted octanol–water partition coefficient (Wildman–Crippen LogP) is 22.4. The monoisotopic (exact) mass is 1160 g/mol. The molecule has 0 saturated heterocycles. The Kier molecular flexibility index (Phi) is 63.5. The maximum absolute atomic E-state index is 12.9. The SMILES string of the molecule is CCCCCCCCCC/C=C\CCCCCCCCCCCCCCCCCC(=O)OC(COC(=O)CCCCCCCCCCCCCCCCCCCCCCCCCCCCCCCC)COC(OCC[N+](C)(C)C)C(=O)O. The molecule has 0 spiro atoms. The van der Waals surface area contributed by atoms with Crippen molar-refractivity contribution in [3.8, 4) is 0 Å². The Morgan fingerprint density at radius 3 is 0.902 bits per heavy atom. The first-order chi connectivity index (χ1) is 40.1. The number of hydrogen-bond acceptors (Lipinski definition) is 7. The molecule has 1 N–H and O–H groups in total. The van der Waals surface area contributed by atoms with Crippen molar-refractivity contribution in [3.05, 3.63) is 12.2 Å². The molecule has 0 rings (SSSR count). The first kappa shape index (κ1) is 80.0. The number of nitrogens with zero attached hydrogens (tertiary/aromatic N) is 1. The van der Waals surface area contributed by atoms with Gasteiger partial charge in [0.05, 0.1) is 34.4 Å². The summed E-state index contributed by atoms with van der Waals surface area (Å²) in [5.41, 5.74) is 0. The van der Waals surface area contributed by atoms with Gasteiger partial charge < -0.3 is 28.5 Å². The zero-order valence-electron chi connectivity index (χ0n) is 55.7. The summed E-state index contributed by atoms with van der Waals surface area (Å²) in [7, 11) is 6.00. The van der Waals surface area contributed by atoms with Crippen molar-refractivity contribution < 1.29 is 42.9 Å². The molecule has 0 fully saturated rings. The van der Waals surface area contributed by atoms with E-state index in [1.165, 1.54) is 315 Å². The molecule has 0 aliphatic heterocycles. The van der Waals surface area contributed by atoms with Gasteiger partial charge >= 0.3 is 17.9 Å². The van der Waals surface area contributed by atoms with Crippen molar-refractivity contribution >= 4 is 17.9 Å². The van der Waals surface area contributed by atoms with Gasteiger partial charge in [-0.1, -0.05) is 341 Å². The number of rotatable bonds is 69. The van der Waals surface area contributed by atoms with Crippen LogP contribution in [0.1, 0.15) is 380 Å². The molecule has 0 aromatic heterocycles. The predicted molar refractivity (Wildman–Crippen MR) is 351 cm³/mol. The molecule has 0 radical (unpaired) electrons. The molecule has 9 nitrogen and oxygen atoms in total. The number of aliphatic carboxylic acids is 1. The van der Waals surface area contributed by atoms with Crippen LogP contribution in [0.15, 0.2) is 12.2 Å². The number of quaternary nitrogens is 1. The van der Waals surface area contributed by atoms with Crippen molar-refractivity contribution in [3.63, 3.8) is 0 Å². The second-order valence-electron chi connectivity index (χ2n) is 26.3. The Morgan fingerprint density at radius 2 is 0.622 bits per heavy atom. The zero-order chi connectivity index (χ0) is 59.8. The number of carboxylic acid groups (broad SMARTS) is 1. The molecule has 0 heterocycles. The summed E-state index contributed by atoms with van der Waals surface area (Å²) >= 11 is 0. The molecule has 0 bridgehead atoms. The Bertz CT molecular complexity index is 1350. The van der Waals surface area contributed by atoms with Gasteiger partial charge in [0.25, 0.3) is 6.29 Å². The summed E-state index contributed by atoms with van der Waals surface area (Å²) < 4.78 is 23.0. The summed E-state index contributed by atoms with van der Waals surface area (Å²) in [6.07, 6.45) is 76.3. The van der Waals surface area contributed by atoms with Crippen LogP contribution in [0.5, 0.6) is 0 Å². The summed E-state index contributed by atoms with van der Waals surface area (Å²) in [5.74, 6) is -1.97. The Morgan fingerprint density at radius 1 is 0.354 bits per heavy atom. The largest absolute Gasteiger partial charge is 0.477 e. The van der Waals surface area contributed by atoms with Gasteiger partial charge in [-0.15, -0.1) is 0 Å². The third-order valence-corrected chi connectivity index (χ3v) is 16.8. The van der Waals surface area contributed by atoms with Crippen LogP contribution in [0, 0.1) is 0 Å². The molecule has 9 heteroatoms. The van der Waals surface area contributed by atoms with E-state index in [1.807, 2.05) is 21.1 Å². The average molecular weight is 1160 g/mol. The van der Waals surface area contributed by atoms with Crippen molar-refractivity contribution in [2.75, 3.05) is 47.5 Å². The van der Waals surface area contributed by atoms with Crippen LogP contribution in [-0.2, 0) is 33.3 Å². The second-order valence-corrected chi connectivity index (χ2v) is 26.3. The lowest BCUT2D eigenvalue weighted by atomic mass is 10.0. The van der Waals surface area contributed by atoms with Gasteiger partial charge in [0.15, 0.2) is 6.10 Å². The van der Waals surface area contributed by atoms with Crippen LogP contribution in [0.2, 0.25) is 0 Å². The van der Waals surface area contributed by atoms with Gasteiger partial charge in [-0.3, -0.25) is 9.59 Å². The lowest BCUT2D eigenvalue weighted by molar-refractivity contribution is -0.870. The van der Waals surface area contributed by atoms with E-state index in [9.17, 15) is 19.5 Å². The molecular formula is C73H142NO8+. The van der Waals surface area contributed by atoms with Crippen LogP contribution in [0.4, 0.5) is 0 Å². The molecule has 0 aliphatic rings. The summed E-state index contributed by atoms with van der Waals surface area (Å²) in [6, 6.07) is 0. The van der Waals surface area contributed by atoms with Crippen LogP contribution in [-0.4, -0.2) is 87.4 Å². The van der Waals surface area contributed by atoms with E-state index >= 15 is 0 Å². The minimum atomic E-state index is -1.51. The quantitative estimate of drug-likeness (QED) is 0.0211. The van der Waals surface area contributed by atoms with E-state index in [-0.39, 0.29) is 38.2 Å². The van der Waals surface area contributed by atoms with Crippen LogP contribution in [0.25, 0.3) is 0 Å². The van der Waals surface area contributed by atoms with Gasteiger partial charge in [0.1, 0.15) is 13.2 Å². The molecule has 0 saturated carbocycles. The number of carbonyl (C=O) groups is 3. The van der Waals surface area contributed by atoms with Gasteiger partial charge in [-0.25, -0.2) is 4.79 Å². The highest BCUT2D eigenvalue weighted by atomic mass is 16.7. The fourth-order valence-corrected chi connectivity index (χ4v) is 11.2. The van der Waals surface area contributed by atoms with E-state index in [0.29, 0.717) is 17.4 Å². The summed E-state index contributed by atoms with van der Waals surface area (Å²) in [6.45, 7) is 4.96. The fourth-order valence-electron chi connectivity index (χ4n) is 11.2. The first-order valence-electron chi connectivity index (χ1n) is 36.4. The van der Waals surface area contributed by atoms with Crippen molar-refractivity contribution in [1.82, 2.24) is 0 Å². The smallest absolute Gasteiger partial charge is 0.361 e. The van der Waals surface area contributed by atoms with Crippen molar-refractivity contribution in [2.45, 2.75) is 392 Å². The number of unbranched alkanes of at least 4 members (excludes halogenated alkanes) is 52. The summed E-state index contributed by atoms with van der Waals surface area (Å²) in [4.78, 5) is 37.6. The van der Waals surface area contributed by atoms with E-state index in [0.717, 1.165) is 38.5 Å². The number of carboxylic acids is 1. The maximum Gasteiger partial charge on any atom is 0.361 e. The van der Waals surface area contributed by atoms with E-state index in [2.05, 4.69) is 26.0 Å². The number of carbonyl (C=O) groups excluding carboxylic acids is 2. The Balaban J connectivity index is 4.03. The normalized spacial score (nSPS) is 12.6. The fraction of sp³-hybridized carbons (Fsp3) is 0.932. The Hall–Kier alpha value is -1.97. The molecule has 2 unspecified atom stereocenters. The van der Waals surface area contributed by atoms with Crippen LogP contribution in [0.3, 0.4) is 0 Å². The maximum atomic E-state index is 12.9. The molecule has 82 heavy (non-hydrogen) atoms. The lowest BCUT2D eigenvalue weighted by Gasteiger charge is -2.25. The van der Waals surface area contributed by atoms with Crippen LogP contribution < -0.4 is 0 Å². The minimum Gasteiger partial charge on any atom is -0.477 e. The topological polar surface area (TPSA) is 108 Å². The molecule has 2 atom stereocenters. The molecule has 0 aromatic carbocycles. The number of esters is 2. The van der Waals surface area contributed by atoms with E-state index in [1.54, 1.807) is 0 Å². The number of hydrogen-bond donors (Lipinski definition) is 1. The molecule has 0 aliphatic carbocycles. The standard InChI is InChI=1S/C73H141NO8/c1-6-8-10-12-14-16-18-20-22-24-26-28-30-32-34-35-36-38-39-41-43-45-47-49-51-53-55-57-59-61-63-70(75)80-67-69(68-81-73(72(77)78)79-66-65-74(3,4)5)82-71(76)64-62-60-58-56-54-52-50-48-46-44-42-40-37-33-31-29-27-25-23-21-19-17-15-13-11-9-7-2/h25,27,69,73H,6-24,26,28-68H2,1-5H3/p+1/b27-25-.